The quantitative estimate of drug-likeness (QED) is 0.809. The molecule has 0 saturated heterocycles. The molecule has 1 aromatic carbocycles. The Balaban J connectivity index is 2.91. The molecule has 88 valence electrons. The van der Waals surface area contributed by atoms with E-state index in [0.29, 0.717) is 5.56 Å². The molecular formula is C10H12O5S. The average molecular weight is 244 g/mol. The molecule has 0 spiro atoms. The standard InChI is InChI=1S/C10H12O5S/c1-16(14,15)8-4-2-7(3-5-8)9(11)6-10(12)13/h2-5,9,11H,6H2,1H3,(H,12,13)/t9-/m0/s1. The van der Waals surface area contributed by atoms with E-state index >= 15 is 0 Å². The van der Waals surface area contributed by atoms with Crippen LogP contribution in [0.4, 0.5) is 0 Å². The van der Waals surface area contributed by atoms with Gasteiger partial charge in [0.1, 0.15) is 0 Å². The van der Waals surface area contributed by atoms with E-state index in [0.717, 1.165) is 6.26 Å². The normalized spacial score (nSPS) is 13.4. The Bertz CT molecular complexity index is 474. The first-order valence-corrected chi connectivity index (χ1v) is 6.39. The van der Waals surface area contributed by atoms with Gasteiger partial charge < -0.3 is 10.2 Å². The fraction of sp³-hybridized carbons (Fsp3) is 0.300. The minimum atomic E-state index is -3.27. The van der Waals surface area contributed by atoms with Gasteiger partial charge in [-0.1, -0.05) is 12.1 Å². The Morgan fingerprint density at radius 3 is 2.19 bits per heavy atom. The van der Waals surface area contributed by atoms with Gasteiger partial charge in [0.15, 0.2) is 9.84 Å². The molecule has 0 radical (unpaired) electrons. The minimum absolute atomic E-state index is 0.138. The first kappa shape index (κ1) is 12.7. The van der Waals surface area contributed by atoms with Crippen molar-refractivity contribution < 1.29 is 23.4 Å². The van der Waals surface area contributed by atoms with Gasteiger partial charge in [-0.3, -0.25) is 4.79 Å². The zero-order chi connectivity index (χ0) is 12.3. The van der Waals surface area contributed by atoms with Crippen molar-refractivity contribution in [3.63, 3.8) is 0 Å². The van der Waals surface area contributed by atoms with Crippen LogP contribution in [0.5, 0.6) is 0 Å². The number of sulfone groups is 1. The third kappa shape index (κ3) is 3.32. The van der Waals surface area contributed by atoms with Crippen molar-refractivity contribution in [2.45, 2.75) is 17.4 Å². The molecule has 1 atom stereocenters. The summed E-state index contributed by atoms with van der Waals surface area (Å²) >= 11 is 0. The molecule has 0 aliphatic rings. The molecule has 0 heterocycles. The predicted octanol–water partition coefficient (Wildman–Crippen LogP) is 0.598. The molecule has 0 saturated carbocycles. The molecule has 0 aliphatic carbocycles. The van der Waals surface area contributed by atoms with Crippen molar-refractivity contribution in [3.8, 4) is 0 Å². The Morgan fingerprint density at radius 2 is 1.81 bits per heavy atom. The number of rotatable bonds is 4. The van der Waals surface area contributed by atoms with Crippen LogP contribution in [0.15, 0.2) is 29.2 Å². The van der Waals surface area contributed by atoms with Gasteiger partial charge in [-0.25, -0.2) is 8.42 Å². The summed E-state index contributed by atoms with van der Waals surface area (Å²) in [7, 11) is -3.27. The first-order valence-electron chi connectivity index (χ1n) is 4.50. The van der Waals surface area contributed by atoms with E-state index in [1.165, 1.54) is 24.3 Å². The third-order valence-electron chi connectivity index (χ3n) is 2.06. The number of carboxylic acid groups (broad SMARTS) is 1. The van der Waals surface area contributed by atoms with Gasteiger partial charge in [0, 0.05) is 6.26 Å². The van der Waals surface area contributed by atoms with Gasteiger partial charge in [-0.05, 0) is 17.7 Å². The summed E-state index contributed by atoms with van der Waals surface area (Å²) in [6.45, 7) is 0. The van der Waals surface area contributed by atoms with Gasteiger partial charge in [-0.2, -0.15) is 0 Å². The van der Waals surface area contributed by atoms with E-state index < -0.39 is 28.3 Å². The minimum Gasteiger partial charge on any atom is -0.481 e. The summed E-state index contributed by atoms with van der Waals surface area (Å²) in [5.74, 6) is -1.11. The molecule has 1 aromatic rings. The van der Waals surface area contributed by atoms with Crippen LogP contribution in [0.2, 0.25) is 0 Å². The summed E-state index contributed by atoms with van der Waals surface area (Å²) in [4.78, 5) is 10.5. The van der Waals surface area contributed by atoms with E-state index in [2.05, 4.69) is 0 Å². The lowest BCUT2D eigenvalue weighted by Gasteiger charge is -2.08. The molecule has 16 heavy (non-hydrogen) atoms. The molecule has 0 aliphatic heterocycles. The van der Waals surface area contributed by atoms with Crippen LogP contribution >= 0.6 is 0 Å². The Hall–Kier alpha value is -1.40. The molecule has 0 bridgehead atoms. The third-order valence-corrected chi connectivity index (χ3v) is 3.19. The number of hydrogen-bond acceptors (Lipinski definition) is 4. The molecule has 0 unspecified atom stereocenters. The summed E-state index contributed by atoms with van der Waals surface area (Å²) in [6.07, 6.45) is -0.445. The fourth-order valence-corrected chi connectivity index (χ4v) is 1.85. The molecule has 0 amide bonds. The topological polar surface area (TPSA) is 91.7 Å². The second kappa shape index (κ2) is 4.63. The van der Waals surface area contributed by atoms with Gasteiger partial charge in [0.05, 0.1) is 17.4 Å². The number of aliphatic hydroxyl groups is 1. The second-order valence-corrected chi connectivity index (χ2v) is 5.47. The molecule has 6 heteroatoms. The van der Waals surface area contributed by atoms with Crippen molar-refractivity contribution in [2.24, 2.45) is 0 Å². The average Bonchev–Trinajstić information content (AvgIpc) is 2.15. The van der Waals surface area contributed by atoms with Gasteiger partial charge in [0.25, 0.3) is 0 Å². The number of aliphatic hydroxyl groups excluding tert-OH is 1. The van der Waals surface area contributed by atoms with Crippen LogP contribution in [0.25, 0.3) is 0 Å². The highest BCUT2D eigenvalue weighted by molar-refractivity contribution is 7.90. The summed E-state index contributed by atoms with van der Waals surface area (Å²) in [6, 6.07) is 5.50. The summed E-state index contributed by atoms with van der Waals surface area (Å²) in [5, 5.41) is 17.9. The SMILES string of the molecule is CS(=O)(=O)c1ccc([C@@H](O)CC(=O)O)cc1. The first-order chi connectivity index (χ1) is 7.30. The second-order valence-electron chi connectivity index (χ2n) is 3.45. The highest BCUT2D eigenvalue weighted by Gasteiger charge is 2.13. The largest absolute Gasteiger partial charge is 0.481 e. The van der Waals surface area contributed by atoms with Crippen LogP contribution in [0, 0.1) is 0 Å². The molecule has 5 nitrogen and oxygen atoms in total. The number of carboxylic acids is 1. The van der Waals surface area contributed by atoms with Gasteiger partial charge in [-0.15, -0.1) is 0 Å². The zero-order valence-electron chi connectivity index (χ0n) is 8.62. The Morgan fingerprint density at radius 1 is 1.31 bits per heavy atom. The maximum absolute atomic E-state index is 11.1. The molecule has 1 rings (SSSR count). The number of carbonyl (C=O) groups is 1. The lowest BCUT2D eigenvalue weighted by atomic mass is 10.1. The number of aliphatic carboxylic acids is 1. The van der Waals surface area contributed by atoms with Crippen molar-refractivity contribution in [1.82, 2.24) is 0 Å². The Labute approximate surface area is 93.3 Å². The maximum atomic E-state index is 11.1. The summed E-state index contributed by atoms with van der Waals surface area (Å²) < 4.78 is 22.3. The molecule has 0 fully saturated rings. The highest BCUT2D eigenvalue weighted by atomic mass is 32.2. The molecule has 2 N–H and O–H groups in total. The lowest BCUT2D eigenvalue weighted by molar-refractivity contribution is -0.139. The van der Waals surface area contributed by atoms with Crippen LogP contribution in [-0.2, 0) is 14.6 Å². The zero-order valence-corrected chi connectivity index (χ0v) is 9.44. The van der Waals surface area contributed by atoms with Gasteiger partial charge >= 0.3 is 5.97 Å². The Kier molecular flexibility index (Phi) is 3.66. The van der Waals surface area contributed by atoms with E-state index in [1.54, 1.807) is 0 Å². The maximum Gasteiger partial charge on any atom is 0.306 e. The van der Waals surface area contributed by atoms with E-state index in [4.69, 9.17) is 5.11 Å². The smallest absolute Gasteiger partial charge is 0.306 e. The van der Waals surface area contributed by atoms with E-state index in [-0.39, 0.29) is 4.90 Å². The van der Waals surface area contributed by atoms with Crippen LogP contribution in [-0.4, -0.2) is 30.9 Å². The van der Waals surface area contributed by atoms with Gasteiger partial charge in [0.2, 0.25) is 0 Å². The van der Waals surface area contributed by atoms with Crippen molar-refractivity contribution in [3.05, 3.63) is 29.8 Å². The van der Waals surface area contributed by atoms with Crippen LogP contribution in [0.1, 0.15) is 18.1 Å². The van der Waals surface area contributed by atoms with Crippen molar-refractivity contribution in [1.29, 1.82) is 0 Å². The van der Waals surface area contributed by atoms with Crippen molar-refractivity contribution >= 4 is 15.8 Å². The molecular weight excluding hydrogens is 232 g/mol. The van der Waals surface area contributed by atoms with Crippen molar-refractivity contribution in [2.75, 3.05) is 6.26 Å². The summed E-state index contributed by atoms with van der Waals surface area (Å²) in [5.41, 5.74) is 0.384. The molecule has 0 aromatic heterocycles. The fourth-order valence-electron chi connectivity index (χ4n) is 1.22. The van der Waals surface area contributed by atoms with E-state index in [1.807, 2.05) is 0 Å². The number of hydrogen-bond donors (Lipinski definition) is 2. The number of benzene rings is 1. The van der Waals surface area contributed by atoms with Crippen LogP contribution < -0.4 is 0 Å². The predicted molar refractivity (Wildman–Crippen MR) is 56.8 cm³/mol. The van der Waals surface area contributed by atoms with Crippen LogP contribution in [0.3, 0.4) is 0 Å². The van der Waals surface area contributed by atoms with E-state index in [9.17, 15) is 18.3 Å². The monoisotopic (exact) mass is 244 g/mol. The lowest BCUT2D eigenvalue weighted by Crippen LogP contribution is -2.05. The highest BCUT2D eigenvalue weighted by Crippen LogP contribution is 2.18.